The lowest BCUT2D eigenvalue weighted by molar-refractivity contribution is -0.117. The second kappa shape index (κ2) is 5.17. The number of alkyl halides is 1. The van der Waals surface area contributed by atoms with Crippen LogP contribution < -0.4 is 4.90 Å². The van der Waals surface area contributed by atoms with Crippen LogP contribution in [-0.2, 0) is 4.79 Å². The Morgan fingerprint density at radius 2 is 2.24 bits per heavy atom. The van der Waals surface area contributed by atoms with Crippen molar-refractivity contribution in [3.8, 4) is 0 Å². The van der Waals surface area contributed by atoms with E-state index in [-0.39, 0.29) is 11.8 Å². The third kappa shape index (κ3) is 2.61. The van der Waals surface area contributed by atoms with Gasteiger partial charge in [0, 0.05) is 28.3 Å². The first-order valence-corrected chi connectivity index (χ1v) is 7.05. The number of halogens is 3. The number of carbonyl (C=O) groups is 1. The van der Waals surface area contributed by atoms with E-state index in [0.717, 1.165) is 15.7 Å². The first kappa shape index (κ1) is 13.2. The average molecular weight is 337 g/mol. The highest BCUT2D eigenvalue weighted by atomic mass is 79.9. The molecular weight excluding hydrogens is 325 g/mol. The number of hydrogen-bond acceptors (Lipinski definition) is 1. The molecular formula is C12H12BrCl2NO. The standard InChI is InChI=1S/C12H12BrCl2NO/c1-7-2-9(15)4-10(13)12(7)16-6-8(5-14)3-11(16)17/h2,4,8H,3,5-6H2,1H3. The molecule has 0 radical (unpaired) electrons. The Bertz CT molecular complexity index is 441. The first-order valence-electron chi connectivity index (χ1n) is 5.35. The molecule has 0 aromatic heterocycles. The number of nitrogens with zero attached hydrogens (tertiary/aromatic N) is 1. The highest BCUT2D eigenvalue weighted by Crippen LogP contribution is 2.36. The van der Waals surface area contributed by atoms with Crippen molar-refractivity contribution in [3.63, 3.8) is 0 Å². The van der Waals surface area contributed by atoms with Crippen molar-refractivity contribution in [2.24, 2.45) is 5.92 Å². The molecule has 92 valence electrons. The molecule has 5 heteroatoms. The van der Waals surface area contributed by atoms with Crippen LogP contribution in [-0.4, -0.2) is 18.3 Å². The van der Waals surface area contributed by atoms with E-state index in [0.29, 0.717) is 23.9 Å². The maximum Gasteiger partial charge on any atom is 0.227 e. The molecule has 0 spiro atoms. The van der Waals surface area contributed by atoms with Gasteiger partial charge in [-0.25, -0.2) is 0 Å². The van der Waals surface area contributed by atoms with E-state index in [1.165, 1.54) is 0 Å². The van der Waals surface area contributed by atoms with Crippen molar-refractivity contribution in [3.05, 3.63) is 27.2 Å². The van der Waals surface area contributed by atoms with Crippen LogP contribution in [0.1, 0.15) is 12.0 Å². The van der Waals surface area contributed by atoms with E-state index in [9.17, 15) is 4.79 Å². The molecule has 1 aliphatic heterocycles. The lowest BCUT2D eigenvalue weighted by atomic mass is 10.1. The summed E-state index contributed by atoms with van der Waals surface area (Å²) in [7, 11) is 0. The van der Waals surface area contributed by atoms with Gasteiger partial charge in [-0.05, 0) is 46.5 Å². The van der Waals surface area contributed by atoms with Crippen molar-refractivity contribution in [1.29, 1.82) is 0 Å². The van der Waals surface area contributed by atoms with Crippen LogP contribution in [0.5, 0.6) is 0 Å². The van der Waals surface area contributed by atoms with Gasteiger partial charge in [0.15, 0.2) is 0 Å². The van der Waals surface area contributed by atoms with Gasteiger partial charge in [-0.15, -0.1) is 11.6 Å². The van der Waals surface area contributed by atoms with Gasteiger partial charge in [0.1, 0.15) is 0 Å². The van der Waals surface area contributed by atoms with E-state index < -0.39 is 0 Å². The number of aryl methyl sites for hydroxylation is 1. The minimum atomic E-state index is 0.127. The fourth-order valence-electron chi connectivity index (χ4n) is 2.14. The van der Waals surface area contributed by atoms with Crippen LogP contribution in [0.15, 0.2) is 16.6 Å². The van der Waals surface area contributed by atoms with Crippen molar-refractivity contribution in [1.82, 2.24) is 0 Å². The summed E-state index contributed by atoms with van der Waals surface area (Å²) in [6.45, 7) is 2.64. The summed E-state index contributed by atoms with van der Waals surface area (Å²) in [4.78, 5) is 13.7. The molecule has 0 saturated carbocycles. The second-order valence-electron chi connectivity index (χ2n) is 4.28. The van der Waals surface area contributed by atoms with Gasteiger partial charge < -0.3 is 4.90 Å². The Morgan fingerprint density at radius 1 is 1.53 bits per heavy atom. The number of anilines is 1. The topological polar surface area (TPSA) is 20.3 Å². The Hall–Kier alpha value is -0.250. The molecule has 1 amide bonds. The molecule has 2 rings (SSSR count). The maximum atomic E-state index is 11.9. The van der Waals surface area contributed by atoms with E-state index in [1.807, 2.05) is 19.1 Å². The van der Waals surface area contributed by atoms with Crippen LogP contribution in [0.3, 0.4) is 0 Å². The van der Waals surface area contributed by atoms with E-state index in [4.69, 9.17) is 23.2 Å². The molecule has 0 aliphatic carbocycles. The third-order valence-electron chi connectivity index (χ3n) is 2.91. The lowest BCUT2D eigenvalue weighted by Crippen LogP contribution is -2.25. The van der Waals surface area contributed by atoms with Gasteiger partial charge in [0.2, 0.25) is 5.91 Å². The zero-order valence-corrected chi connectivity index (χ0v) is 12.4. The predicted octanol–water partition coefficient (Wildman–Crippen LogP) is 4.00. The lowest BCUT2D eigenvalue weighted by Gasteiger charge is -2.21. The Balaban J connectivity index is 2.38. The monoisotopic (exact) mass is 335 g/mol. The summed E-state index contributed by atoms with van der Waals surface area (Å²) in [5.41, 5.74) is 1.90. The third-order valence-corrected chi connectivity index (χ3v) is 4.17. The molecule has 1 aromatic rings. The van der Waals surface area contributed by atoms with Crippen molar-refractivity contribution >= 4 is 50.7 Å². The van der Waals surface area contributed by atoms with Crippen LogP contribution >= 0.6 is 39.1 Å². The van der Waals surface area contributed by atoms with Crippen molar-refractivity contribution in [2.45, 2.75) is 13.3 Å². The van der Waals surface area contributed by atoms with E-state index in [2.05, 4.69) is 15.9 Å². The highest BCUT2D eigenvalue weighted by Gasteiger charge is 2.31. The molecule has 0 N–H and O–H groups in total. The molecule has 1 heterocycles. The molecule has 1 atom stereocenters. The summed E-state index contributed by atoms with van der Waals surface area (Å²) >= 11 is 15.3. The Labute approximate surface area is 119 Å². The van der Waals surface area contributed by atoms with Crippen molar-refractivity contribution in [2.75, 3.05) is 17.3 Å². The van der Waals surface area contributed by atoms with E-state index in [1.54, 1.807) is 4.90 Å². The van der Waals surface area contributed by atoms with E-state index >= 15 is 0 Å². The van der Waals surface area contributed by atoms with Crippen LogP contribution in [0.25, 0.3) is 0 Å². The zero-order chi connectivity index (χ0) is 12.6. The summed E-state index contributed by atoms with van der Waals surface area (Å²) in [6, 6.07) is 3.67. The predicted molar refractivity (Wildman–Crippen MR) is 75.1 cm³/mol. The summed E-state index contributed by atoms with van der Waals surface area (Å²) in [5, 5.41) is 0.665. The summed E-state index contributed by atoms with van der Waals surface area (Å²) < 4.78 is 0.853. The maximum absolute atomic E-state index is 11.9. The molecule has 0 bridgehead atoms. The van der Waals surface area contributed by atoms with Gasteiger partial charge in [0.05, 0.1) is 5.69 Å². The minimum absolute atomic E-state index is 0.127. The Kier molecular flexibility index (Phi) is 4.01. The molecule has 1 aliphatic rings. The van der Waals surface area contributed by atoms with Crippen LogP contribution in [0.4, 0.5) is 5.69 Å². The molecule has 17 heavy (non-hydrogen) atoms. The fourth-order valence-corrected chi connectivity index (χ4v) is 3.52. The SMILES string of the molecule is Cc1cc(Cl)cc(Br)c1N1CC(CCl)CC1=O. The number of amides is 1. The molecule has 1 fully saturated rings. The minimum Gasteiger partial charge on any atom is -0.311 e. The first-order chi connectivity index (χ1) is 8.02. The quantitative estimate of drug-likeness (QED) is 0.747. The number of hydrogen-bond donors (Lipinski definition) is 0. The number of carbonyl (C=O) groups excluding carboxylic acids is 1. The summed E-state index contributed by atoms with van der Waals surface area (Å²) in [5.74, 6) is 0.889. The second-order valence-corrected chi connectivity index (χ2v) is 5.88. The largest absolute Gasteiger partial charge is 0.311 e. The smallest absolute Gasteiger partial charge is 0.227 e. The Morgan fingerprint density at radius 3 is 2.76 bits per heavy atom. The molecule has 1 aromatic carbocycles. The van der Waals surface area contributed by atoms with Gasteiger partial charge in [-0.2, -0.15) is 0 Å². The van der Waals surface area contributed by atoms with Crippen molar-refractivity contribution < 1.29 is 4.79 Å². The van der Waals surface area contributed by atoms with Crippen LogP contribution in [0, 0.1) is 12.8 Å². The van der Waals surface area contributed by atoms with Gasteiger partial charge >= 0.3 is 0 Å². The van der Waals surface area contributed by atoms with Crippen LogP contribution in [0.2, 0.25) is 5.02 Å². The molecule has 1 saturated heterocycles. The molecule has 2 nitrogen and oxygen atoms in total. The summed E-state index contributed by atoms with van der Waals surface area (Å²) in [6.07, 6.45) is 0.526. The van der Waals surface area contributed by atoms with Gasteiger partial charge in [0.25, 0.3) is 0 Å². The normalized spacial score (nSPS) is 20.1. The average Bonchev–Trinajstić information content (AvgIpc) is 2.59. The fraction of sp³-hybridized carbons (Fsp3) is 0.417. The highest BCUT2D eigenvalue weighted by molar-refractivity contribution is 9.10. The van der Waals surface area contributed by atoms with Gasteiger partial charge in [-0.3, -0.25) is 4.79 Å². The molecule has 1 unspecified atom stereocenters. The number of benzene rings is 1. The number of rotatable bonds is 2. The zero-order valence-electron chi connectivity index (χ0n) is 9.34. The van der Waals surface area contributed by atoms with Gasteiger partial charge in [-0.1, -0.05) is 11.6 Å².